The van der Waals surface area contributed by atoms with Gasteiger partial charge in [0.2, 0.25) is 0 Å². The molecule has 0 amide bonds. The van der Waals surface area contributed by atoms with Crippen LogP contribution in [0.4, 0.5) is 0 Å². The van der Waals surface area contributed by atoms with Crippen LogP contribution in [0.2, 0.25) is 0 Å². The van der Waals surface area contributed by atoms with Crippen LogP contribution in [0.1, 0.15) is 19.8 Å². The van der Waals surface area contributed by atoms with E-state index in [1.807, 2.05) is 24.3 Å². The maximum Gasteiger partial charge on any atom is 0.161 e. The Morgan fingerprint density at radius 1 is 1.25 bits per heavy atom. The van der Waals surface area contributed by atoms with Crippen LogP contribution in [0.15, 0.2) is 24.3 Å². The molecule has 1 fully saturated rings. The van der Waals surface area contributed by atoms with E-state index in [4.69, 9.17) is 9.47 Å². The van der Waals surface area contributed by atoms with Crippen LogP contribution >= 0.6 is 0 Å². The first-order chi connectivity index (χ1) is 9.74. The molecule has 1 aromatic rings. The monoisotopic (exact) mass is 279 g/mol. The lowest BCUT2D eigenvalue weighted by molar-refractivity contribution is 0.0260. The molecule has 1 aromatic carbocycles. The van der Waals surface area contributed by atoms with Crippen LogP contribution in [0.5, 0.6) is 11.5 Å². The summed E-state index contributed by atoms with van der Waals surface area (Å²) in [6, 6.07) is 7.54. The summed E-state index contributed by atoms with van der Waals surface area (Å²) in [6.07, 6.45) is 1.69. The van der Waals surface area contributed by atoms with Gasteiger partial charge in [0.1, 0.15) is 6.61 Å². The molecule has 2 rings (SSSR count). The highest BCUT2D eigenvalue weighted by Crippen LogP contribution is 2.27. The standard InChI is InChI=1S/C16H25NO3/c1-3-17-10-8-13(9-11-17)14(18)12-20-16-7-5-4-6-15(16)19-2/h4-7,13-14,18H,3,8-12H2,1-2H3. The zero-order valence-corrected chi connectivity index (χ0v) is 12.4. The molecule has 1 unspecified atom stereocenters. The van der Waals surface area contributed by atoms with Crippen molar-refractivity contribution in [2.75, 3.05) is 33.4 Å². The molecule has 1 heterocycles. The molecule has 0 aliphatic carbocycles. The van der Waals surface area contributed by atoms with Gasteiger partial charge in [-0.15, -0.1) is 0 Å². The highest BCUT2D eigenvalue weighted by Gasteiger charge is 2.25. The number of ether oxygens (including phenoxy) is 2. The SMILES string of the molecule is CCN1CCC(C(O)COc2ccccc2OC)CC1. The molecule has 0 saturated carbocycles. The van der Waals surface area contributed by atoms with Crippen molar-refractivity contribution in [3.05, 3.63) is 24.3 Å². The van der Waals surface area contributed by atoms with E-state index in [-0.39, 0.29) is 0 Å². The lowest BCUT2D eigenvalue weighted by Gasteiger charge is -2.33. The number of hydrogen-bond donors (Lipinski definition) is 1. The van der Waals surface area contributed by atoms with Crippen LogP contribution in [0.25, 0.3) is 0 Å². The topological polar surface area (TPSA) is 41.9 Å². The molecule has 1 saturated heterocycles. The Balaban J connectivity index is 1.82. The maximum atomic E-state index is 10.3. The Labute approximate surface area is 121 Å². The number of methoxy groups -OCH3 is 1. The van der Waals surface area contributed by atoms with Crippen LogP contribution in [-0.4, -0.2) is 49.5 Å². The second kappa shape index (κ2) is 7.50. The third-order valence-electron chi connectivity index (χ3n) is 4.10. The lowest BCUT2D eigenvalue weighted by Crippen LogP contribution is -2.39. The third kappa shape index (κ3) is 3.87. The Kier molecular flexibility index (Phi) is 5.68. The molecule has 20 heavy (non-hydrogen) atoms. The number of para-hydroxylation sites is 2. The van der Waals surface area contributed by atoms with Crippen molar-refractivity contribution >= 4 is 0 Å². The van der Waals surface area contributed by atoms with Gasteiger partial charge < -0.3 is 19.5 Å². The van der Waals surface area contributed by atoms with Crippen molar-refractivity contribution in [2.24, 2.45) is 5.92 Å². The summed E-state index contributed by atoms with van der Waals surface area (Å²) >= 11 is 0. The number of nitrogens with zero attached hydrogens (tertiary/aromatic N) is 1. The number of likely N-dealkylation sites (tertiary alicyclic amines) is 1. The largest absolute Gasteiger partial charge is 0.493 e. The normalized spacial score (nSPS) is 18.8. The second-order valence-electron chi connectivity index (χ2n) is 5.30. The summed E-state index contributed by atoms with van der Waals surface area (Å²) in [4.78, 5) is 2.42. The van der Waals surface area contributed by atoms with Gasteiger partial charge in [0, 0.05) is 0 Å². The van der Waals surface area contributed by atoms with Crippen molar-refractivity contribution in [2.45, 2.75) is 25.9 Å². The van der Waals surface area contributed by atoms with Gasteiger partial charge in [-0.25, -0.2) is 0 Å². The highest BCUT2D eigenvalue weighted by atomic mass is 16.5. The average molecular weight is 279 g/mol. The Morgan fingerprint density at radius 2 is 1.90 bits per heavy atom. The van der Waals surface area contributed by atoms with Crippen molar-refractivity contribution in [1.29, 1.82) is 0 Å². The Hall–Kier alpha value is -1.26. The summed E-state index contributed by atoms with van der Waals surface area (Å²) in [5, 5.41) is 10.3. The summed E-state index contributed by atoms with van der Waals surface area (Å²) in [6.45, 7) is 5.76. The molecule has 1 N–H and O–H groups in total. The van der Waals surface area contributed by atoms with Crippen LogP contribution in [0.3, 0.4) is 0 Å². The summed E-state index contributed by atoms with van der Waals surface area (Å²) in [5.41, 5.74) is 0. The minimum atomic E-state index is -0.404. The molecule has 4 nitrogen and oxygen atoms in total. The first kappa shape index (κ1) is 15.1. The number of aliphatic hydroxyl groups is 1. The fourth-order valence-electron chi connectivity index (χ4n) is 2.70. The van der Waals surface area contributed by atoms with E-state index in [1.54, 1.807) is 7.11 Å². The molecule has 112 valence electrons. The molecule has 0 bridgehead atoms. The van der Waals surface area contributed by atoms with Gasteiger partial charge in [-0.1, -0.05) is 19.1 Å². The molecule has 4 heteroatoms. The van der Waals surface area contributed by atoms with Gasteiger partial charge in [0.05, 0.1) is 13.2 Å². The van der Waals surface area contributed by atoms with E-state index in [9.17, 15) is 5.11 Å². The number of aliphatic hydroxyl groups excluding tert-OH is 1. The van der Waals surface area contributed by atoms with E-state index >= 15 is 0 Å². The van der Waals surface area contributed by atoms with Crippen molar-refractivity contribution in [1.82, 2.24) is 4.90 Å². The van der Waals surface area contributed by atoms with Gasteiger partial charge >= 0.3 is 0 Å². The fraction of sp³-hybridized carbons (Fsp3) is 0.625. The molecule has 0 radical (unpaired) electrons. The highest BCUT2D eigenvalue weighted by molar-refractivity contribution is 5.39. The van der Waals surface area contributed by atoms with E-state index < -0.39 is 6.10 Å². The number of piperidine rings is 1. The summed E-state index contributed by atoms with van der Waals surface area (Å²) < 4.78 is 10.9. The second-order valence-corrected chi connectivity index (χ2v) is 5.30. The predicted octanol–water partition coefficient (Wildman–Crippen LogP) is 2.17. The number of hydrogen-bond acceptors (Lipinski definition) is 4. The summed E-state index contributed by atoms with van der Waals surface area (Å²) in [7, 11) is 1.62. The first-order valence-electron chi connectivity index (χ1n) is 7.40. The van der Waals surface area contributed by atoms with Crippen LogP contribution in [-0.2, 0) is 0 Å². The lowest BCUT2D eigenvalue weighted by atomic mass is 9.91. The van der Waals surface area contributed by atoms with E-state index in [0.29, 0.717) is 24.0 Å². The molecule has 1 aliphatic rings. The molecule has 0 aromatic heterocycles. The van der Waals surface area contributed by atoms with Gasteiger partial charge in [-0.05, 0) is 50.5 Å². The van der Waals surface area contributed by atoms with E-state index in [0.717, 1.165) is 32.5 Å². The van der Waals surface area contributed by atoms with Crippen molar-refractivity contribution in [3.8, 4) is 11.5 Å². The minimum Gasteiger partial charge on any atom is -0.493 e. The predicted molar refractivity (Wildman–Crippen MR) is 79.3 cm³/mol. The molecule has 0 spiro atoms. The van der Waals surface area contributed by atoms with E-state index in [2.05, 4.69) is 11.8 Å². The third-order valence-corrected chi connectivity index (χ3v) is 4.10. The number of rotatable bonds is 6. The zero-order valence-electron chi connectivity index (χ0n) is 12.4. The maximum absolute atomic E-state index is 10.3. The molecular weight excluding hydrogens is 254 g/mol. The Morgan fingerprint density at radius 3 is 2.50 bits per heavy atom. The molecular formula is C16H25NO3. The van der Waals surface area contributed by atoms with Crippen LogP contribution in [0, 0.1) is 5.92 Å². The average Bonchev–Trinajstić information content (AvgIpc) is 2.53. The zero-order chi connectivity index (χ0) is 14.4. The number of benzene rings is 1. The first-order valence-corrected chi connectivity index (χ1v) is 7.40. The van der Waals surface area contributed by atoms with Gasteiger partial charge in [-0.2, -0.15) is 0 Å². The van der Waals surface area contributed by atoms with Crippen LogP contribution < -0.4 is 9.47 Å². The minimum absolute atomic E-state index is 0.331. The molecule has 1 atom stereocenters. The smallest absolute Gasteiger partial charge is 0.161 e. The van der Waals surface area contributed by atoms with Gasteiger partial charge in [0.15, 0.2) is 11.5 Å². The van der Waals surface area contributed by atoms with Crippen molar-refractivity contribution in [3.63, 3.8) is 0 Å². The van der Waals surface area contributed by atoms with Gasteiger partial charge in [0.25, 0.3) is 0 Å². The van der Waals surface area contributed by atoms with E-state index in [1.165, 1.54) is 0 Å². The molecule has 1 aliphatic heterocycles. The van der Waals surface area contributed by atoms with Gasteiger partial charge in [-0.3, -0.25) is 0 Å². The van der Waals surface area contributed by atoms with Crippen molar-refractivity contribution < 1.29 is 14.6 Å². The summed E-state index contributed by atoms with van der Waals surface area (Å²) in [5.74, 6) is 1.74. The quantitative estimate of drug-likeness (QED) is 0.866. The fourth-order valence-corrected chi connectivity index (χ4v) is 2.70. The Bertz CT molecular complexity index is 402.